The summed E-state index contributed by atoms with van der Waals surface area (Å²) < 4.78 is 3.31. The van der Waals surface area contributed by atoms with Gasteiger partial charge in [-0.1, -0.05) is 11.6 Å². The molecule has 1 aliphatic rings. The first-order chi connectivity index (χ1) is 11.6. The molecule has 1 fully saturated rings. The van der Waals surface area contributed by atoms with Crippen LogP contribution in [0.2, 0.25) is 5.02 Å². The Bertz CT molecular complexity index is 948. The summed E-state index contributed by atoms with van der Waals surface area (Å²) in [5, 5.41) is 4.80. The van der Waals surface area contributed by atoms with Gasteiger partial charge in [0.25, 0.3) is 5.56 Å². The van der Waals surface area contributed by atoms with Gasteiger partial charge in [-0.2, -0.15) is 5.10 Å². The van der Waals surface area contributed by atoms with Crippen LogP contribution in [-0.2, 0) is 13.6 Å². The average molecular weight is 344 g/mol. The van der Waals surface area contributed by atoms with Gasteiger partial charge in [-0.15, -0.1) is 0 Å². The first-order valence-corrected chi connectivity index (χ1v) is 8.38. The highest BCUT2D eigenvalue weighted by atomic mass is 35.5. The highest BCUT2D eigenvalue weighted by molar-refractivity contribution is 6.30. The van der Waals surface area contributed by atoms with Crippen molar-refractivity contribution in [1.29, 1.82) is 0 Å². The second-order valence-corrected chi connectivity index (χ2v) is 6.67. The van der Waals surface area contributed by atoms with Crippen LogP contribution in [0.5, 0.6) is 0 Å². The fourth-order valence-electron chi connectivity index (χ4n) is 3.42. The van der Waals surface area contributed by atoms with Crippen molar-refractivity contribution in [2.24, 2.45) is 7.05 Å². The number of nitrogens with zero attached hydrogens (tertiary/aromatic N) is 5. The van der Waals surface area contributed by atoms with Crippen LogP contribution in [0.25, 0.3) is 5.65 Å². The predicted octanol–water partition coefficient (Wildman–Crippen LogP) is 2.42. The molecular formula is C17H18ClN5O. The van der Waals surface area contributed by atoms with Crippen molar-refractivity contribution in [3.63, 3.8) is 0 Å². The summed E-state index contributed by atoms with van der Waals surface area (Å²) in [7, 11) is 1.93. The summed E-state index contributed by atoms with van der Waals surface area (Å²) in [5.41, 5.74) is 2.53. The van der Waals surface area contributed by atoms with Gasteiger partial charge in [-0.3, -0.25) is 18.8 Å². The monoisotopic (exact) mass is 343 g/mol. The Morgan fingerprint density at radius 2 is 2.21 bits per heavy atom. The van der Waals surface area contributed by atoms with E-state index >= 15 is 0 Å². The average Bonchev–Trinajstić information content (AvgIpc) is 3.17. The molecule has 3 aromatic heterocycles. The smallest absolute Gasteiger partial charge is 0.258 e. The maximum atomic E-state index is 12.3. The Labute approximate surface area is 144 Å². The fourth-order valence-corrected chi connectivity index (χ4v) is 3.58. The largest absolute Gasteiger partial charge is 0.290 e. The predicted molar refractivity (Wildman–Crippen MR) is 92.1 cm³/mol. The van der Waals surface area contributed by atoms with Crippen LogP contribution in [0.15, 0.2) is 41.6 Å². The molecule has 0 amide bonds. The number of rotatable bonds is 3. The Kier molecular flexibility index (Phi) is 3.86. The Hall–Kier alpha value is -2.18. The lowest BCUT2D eigenvalue weighted by Gasteiger charge is -2.23. The van der Waals surface area contributed by atoms with Gasteiger partial charge in [-0.25, -0.2) is 4.98 Å². The topological polar surface area (TPSA) is 55.4 Å². The number of fused-ring (bicyclic) bond motifs is 1. The summed E-state index contributed by atoms with van der Waals surface area (Å²) in [6.07, 6.45) is 7.83. The van der Waals surface area contributed by atoms with E-state index in [-0.39, 0.29) is 5.56 Å². The van der Waals surface area contributed by atoms with E-state index in [4.69, 9.17) is 11.6 Å². The molecule has 24 heavy (non-hydrogen) atoms. The summed E-state index contributed by atoms with van der Waals surface area (Å²) in [6.45, 7) is 1.66. The molecule has 0 aliphatic carbocycles. The van der Waals surface area contributed by atoms with Crippen LogP contribution < -0.4 is 5.56 Å². The fraction of sp³-hybridized carbons (Fsp3) is 0.353. The molecular weight excluding hydrogens is 326 g/mol. The van der Waals surface area contributed by atoms with Crippen molar-refractivity contribution in [2.45, 2.75) is 25.4 Å². The second-order valence-electron chi connectivity index (χ2n) is 6.24. The van der Waals surface area contributed by atoms with Crippen molar-refractivity contribution in [2.75, 3.05) is 6.54 Å². The third kappa shape index (κ3) is 2.83. The number of aryl methyl sites for hydroxylation is 1. The van der Waals surface area contributed by atoms with Crippen molar-refractivity contribution in [3.05, 3.63) is 63.4 Å². The molecule has 4 rings (SSSR count). The minimum atomic E-state index is -0.102. The Morgan fingerprint density at radius 3 is 3.00 bits per heavy atom. The normalized spacial score (nSPS) is 18.5. The van der Waals surface area contributed by atoms with Crippen molar-refractivity contribution in [1.82, 2.24) is 24.1 Å². The van der Waals surface area contributed by atoms with Crippen LogP contribution in [0.3, 0.4) is 0 Å². The van der Waals surface area contributed by atoms with E-state index in [1.807, 2.05) is 17.9 Å². The van der Waals surface area contributed by atoms with E-state index < -0.39 is 0 Å². The zero-order valence-corrected chi connectivity index (χ0v) is 14.1. The summed E-state index contributed by atoms with van der Waals surface area (Å²) in [4.78, 5) is 19.3. The van der Waals surface area contributed by atoms with E-state index in [0.717, 1.165) is 25.1 Å². The zero-order chi connectivity index (χ0) is 16.7. The lowest BCUT2D eigenvalue weighted by atomic mass is 10.1. The lowest BCUT2D eigenvalue weighted by Crippen LogP contribution is -2.25. The third-order valence-corrected chi connectivity index (χ3v) is 4.74. The molecule has 0 bridgehead atoms. The number of pyridine rings is 1. The van der Waals surface area contributed by atoms with Gasteiger partial charge >= 0.3 is 0 Å². The van der Waals surface area contributed by atoms with Crippen LogP contribution in [0, 0.1) is 0 Å². The van der Waals surface area contributed by atoms with E-state index in [1.54, 1.807) is 24.4 Å². The van der Waals surface area contributed by atoms with Crippen molar-refractivity contribution >= 4 is 17.2 Å². The molecule has 1 aliphatic heterocycles. The minimum Gasteiger partial charge on any atom is -0.290 e. The highest BCUT2D eigenvalue weighted by Gasteiger charge is 2.27. The molecule has 7 heteroatoms. The molecule has 4 heterocycles. The third-order valence-electron chi connectivity index (χ3n) is 4.51. The SMILES string of the molecule is Cn1cc(C2CCCN2Cc2cc(=O)n3cc(Cl)ccc3n2)cn1. The molecule has 0 spiro atoms. The minimum absolute atomic E-state index is 0.102. The molecule has 3 aromatic rings. The molecule has 1 atom stereocenters. The van der Waals surface area contributed by atoms with E-state index in [1.165, 1.54) is 9.96 Å². The van der Waals surface area contributed by atoms with E-state index in [0.29, 0.717) is 23.3 Å². The van der Waals surface area contributed by atoms with E-state index in [2.05, 4.69) is 21.2 Å². The number of halogens is 1. The van der Waals surface area contributed by atoms with Gasteiger partial charge in [0.1, 0.15) is 5.65 Å². The van der Waals surface area contributed by atoms with Crippen LogP contribution in [0.1, 0.15) is 30.1 Å². The highest BCUT2D eigenvalue weighted by Crippen LogP contribution is 2.32. The summed E-state index contributed by atoms with van der Waals surface area (Å²) in [6, 6.07) is 5.46. The van der Waals surface area contributed by atoms with Crippen molar-refractivity contribution < 1.29 is 0 Å². The first-order valence-electron chi connectivity index (χ1n) is 8.00. The first kappa shape index (κ1) is 15.4. The number of likely N-dealkylation sites (tertiary alicyclic amines) is 1. The van der Waals surface area contributed by atoms with Crippen LogP contribution >= 0.6 is 11.6 Å². The number of hydrogen-bond donors (Lipinski definition) is 0. The molecule has 6 nitrogen and oxygen atoms in total. The molecule has 0 saturated carbocycles. The van der Waals surface area contributed by atoms with Gasteiger partial charge in [0.05, 0.1) is 16.9 Å². The van der Waals surface area contributed by atoms with E-state index in [9.17, 15) is 4.79 Å². The number of aromatic nitrogens is 4. The van der Waals surface area contributed by atoms with Gasteiger partial charge in [-0.05, 0) is 31.5 Å². The zero-order valence-electron chi connectivity index (χ0n) is 13.4. The summed E-state index contributed by atoms with van der Waals surface area (Å²) in [5.74, 6) is 0. The molecule has 1 unspecified atom stereocenters. The lowest BCUT2D eigenvalue weighted by molar-refractivity contribution is 0.245. The van der Waals surface area contributed by atoms with Crippen LogP contribution in [-0.4, -0.2) is 30.6 Å². The van der Waals surface area contributed by atoms with Gasteiger partial charge < -0.3 is 0 Å². The van der Waals surface area contributed by atoms with Gasteiger partial charge in [0.15, 0.2) is 0 Å². The molecule has 0 radical (unpaired) electrons. The standard InChI is InChI=1S/C17H18ClN5O/c1-21-9-12(8-19-21)15-3-2-6-22(15)11-14-7-17(24)23-10-13(18)4-5-16(23)20-14/h4-5,7-10,15H,2-3,6,11H2,1H3. The molecule has 0 N–H and O–H groups in total. The molecule has 1 saturated heterocycles. The Morgan fingerprint density at radius 1 is 1.33 bits per heavy atom. The molecule has 0 aromatic carbocycles. The van der Waals surface area contributed by atoms with Crippen LogP contribution in [0.4, 0.5) is 0 Å². The Balaban J connectivity index is 1.64. The van der Waals surface area contributed by atoms with Gasteiger partial charge in [0.2, 0.25) is 0 Å². The quantitative estimate of drug-likeness (QED) is 0.733. The summed E-state index contributed by atoms with van der Waals surface area (Å²) >= 11 is 5.95. The van der Waals surface area contributed by atoms with Gasteiger partial charge in [0, 0.05) is 43.7 Å². The second kappa shape index (κ2) is 6.03. The number of hydrogen-bond acceptors (Lipinski definition) is 4. The molecule has 124 valence electrons. The van der Waals surface area contributed by atoms with Crippen molar-refractivity contribution in [3.8, 4) is 0 Å². The maximum absolute atomic E-state index is 12.3. The maximum Gasteiger partial charge on any atom is 0.258 e.